The molecule has 0 bridgehead atoms. The smallest absolute Gasteiger partial charge is 0.101 e. The second kappa shape index (κ2) is 7.20. The molecule has 0 unspecified atom stereocenters. The van der Waals surface area contributed by atoms with E-state index in [0.717, 1.165) is 56.1 Å². The van der Waals surface area contributed by atoms with Gasteiger partial charge in [-0.25, -0.2) is 0 Å². The van der Waals surface area contributed by atoms with E-state index in [1.807, 2.05) is 26.0 Å². The molecule has 5 heteroatoms. The van der Waals surface area contributed by atoms with E-state index < -0.39 is 0 Å². The van der Waals surface area contributed by atoms with Crippen molar-refractivity contribution >= 4 is 57.9 Å². The Bertz CT molecular complexity index is 1240. The average Bonchev–Trinajstić information content (AvgIpc) is 3.11. The van der Waals surface area contributed by atoms with Gasteiger partial charge in [-0.15, -0.1) is 11.8 Å². The van der Waals surface area contributed by atoms with Crippen LogP contribution in [0.2, 0.25) is 0 Å². The summed E-state index contributed by atoms with van der Waals surface area (Å²) in [7, 11) is 0. The Morgan fingerprint density at radius 1 is 0.828 bits per heavy atom. The van der Waals surface area contributed by atoms with Crippen LogP contribution in [0.15, 0.2) is 25.3 Å². The van der Waals surface area contributed by atoms with E-state index in [9.17, 15) is 10.5 Å². The molecule has 0 N–H and O–H groups in total. The number of nitrogens with zero attached hydrogens (tertiary/aromatic N) is 4. The lowest BCUT2D eigenvalue weighted by Crippen LogP contribution is -1.97. The van der Waals surface area contributed by atoms with Gasteiger partial charge in [0.15, 0.2) is 0 Å². The van der Waals surface area contributed by atoms with Crippen LogP contribution in [0.5, 0.6) is 0 Å². The first-order valence-corrected chi connectivity index (χ1v) is 10.5. The van der Waals surface area contributed by atoms with Crippen LogP contribution in [0.3, 0.4) is 0 Å². The molecule has 3 heterocycles. The third kappa shape index (κ3) is 2.38. The normalized spacial score (nSPS) is 13.4. The fourth-order valence-electron chi connectivity index (χ4n) is 4.37. The summed E-state index contributed by atoms with van der Waals surface area (Å²) in [5, 5.41) is 21.8. The van der Waals surface area contributed by atoms with Crippen molar-refractivity contribution in [1.29, 1.82) is 10.5 Å². The molecule has 2 aromatic heterocycles. The van der Waals surface area contributed by atoms with Crippen molar-refractivity contribution in [1.82, 2.24) is 9.13 Å². The lowest BCUT2D eigenvalue weighted by molar-refractivity contribution is 0.920. The Balaban J connectivity index is 2.47. The highest BCUT2D eigenvalue weighted by molar-refractivity contribution is 7.97. The first-order chi connectivity index (χ1) is 14.2. The molecule has 142 valence electrons. The van der Waals surface area contributed by atoms with Crippen LogP contribution >= 0.6 is 11.8 Å². The van der Waals surface area contributed by atoms with Gasteiger partial charge in [-0.05, 0) is 26.0 Å². The van der Waals surface area contributed by atoms with E-state index in [0.29, 0.717) is 11.1 Å². The third-order valence-corrected chi connectivity index (χ3v) is 6.26. The van der Waals surface area contributed by atoms with Crippen molar-refractivity contribution in [3.05, 3.63) is 59.0 Å². The van der Waals surface area contributed by atoms with Crippen LogP contribution in [0, 0.1) is 22.7 Å². The van der Waals surface area contributed by atoms with Gasteiger partial charge < -0.3 is 9.13 Å². The summed E-state index contributed by atoms with van der Waals surface area (Å²) >= 11 is 1.80. The molecule has 1 aromatic carbocycles. The Hall–Kier alpha value is -3.41. The van der Waals surface area contributed by atoms with Crippen molar-refractivity contribution in [2.75, 3.05) is 0 Å². The van der Waals surface area contributed by atoms with E-state index in [2.05, 4.69) is 46.6 Å². The van der Waals surface area contributed by atoms with E-state index in [4.69, 9.17) is 0 Å². The van der Waals surface area contributed by atoms with Crippen LogP contribution < -0.4 is 0 Å². The molecule has 29 heavy (non-hydrogen) atoms. The average molecular weight is 397 g/mol. The molecule has 4 nitrogen and oxygen atoms in total. The predicted octanol–water partition coefficient (Wildman–Crippen LogP) is 6.35. The number of rotatable bonds is 4. The zero-order valence-electron chi connectivity index (χ0n) is 16.5. The molecule has 0 saturated heterocycles. The van der Waals surface area contributed by atoms with Crippen molar-refractivity contribution in [2.24, 2.45) is 0 Å². The molecular formula is C24H20N4S. The fourth-order valence-corrected chi connectivity index (χ4v) is 5.35. The van der Waals surface area contributed by atoms with Crippen LogP contribution in [-0.4, -0.2) is 9.13 Å². The molecule has 0 amide bonds. The van der Waals surface area contributed by atoms with Gasteiger partial charge in [0, 0.05) is 33.3 Å². The predicted molar refractivity (Wildman–Crippen MR) is 124 cm³/mol. The van der Waals surface area contributed by atoms with Gasteiger partial charge in [-0.1, -0.05) is 37.5 Å². The number of aromatic nitrogens is 2. The molecule has 0 radical (unpaired) electrons. The maximum absolute atomic E-state index is 10.1. The minimum Gasteiger partial charge on any atom is -0.329 e. The standard InChI is InChI=1S/C24H20N4S/c1-5-9-19-15(7-3)21-17(11-25)18(12-26)22-16(8-4)20(10-6-2)28-14-29-13-27(19)23(21)24(22)28/h5-10H,3-4,13-14H2,1-2H3/b9-5-,10-6-. The highest BCUT2D eigenvalue weighted by Crippen LogP contribution is 2.45. The zero-order chi connectivity index (χ0) is 20.7. The van der Waals surface area contributed by atoms with E-state index in [-0.39, 0.29) is 0 Å². The molecule has 0 fully saturated rings. The highest BCUT2D eigenvalue weighted by Gasteiger charge is 2.29. The van der Waals surface area contributed by atoms with Crippen molar-refractivity contribution < 1.29 is 0 Å². The number of allylic oxidation sites excluding steroid dienone is 2. The number of benzene rings is 1. The molecule has 0 aliphatic carbocycles. The summed E-state index contributed by atoms with van der Waals surface area (Å²) < 4.78 is 4.49. The Morgan fingerprint density at radius 3 is 1.55 bits per heavy atom. The molecular weight excluding hydrogens is 376 g/mol. The van der Waals surface area contributed by atoms with Crippen molar-refractivity contribution in [2.45, 2.75) is 25.6 Å². The second-order valence-electron chi connectivity index (χ2n) is 6.75. The maximum atomic E-state index is 10.1. The summed E-state index contributed by atoms with van der Waals surface area (Å²) in [6, 6.07) is 4.64. The summed E-state index contributed by atoms with van der Waals surface area (Å²) in [6.45, 7) is 12.0. The monoisotopic (exact) mass is 396 g/mol. The number of thioether (sulfide) groups is 1. The number of nitriles is 2. The molecule has 4 rings (SSSR count). The summed E-state index contributed by atoms with van der Waals surface area (Å²) in [5.41, 5.74) is 6.62. The van der Waals surface area contributed by atoms with Crippen LogP contribution in [0.25, 0.3) is 46.1 Å². The molecule has 0 saturated carbocycles. The van der Waals surface area contributed by atoms with Gasteiger partial charge in [0.1, 0.15) is 12.1 Å². The minimum atomic E-state index is 0.411. The SMILES string of the molecule is C=Cc1c(/C=C\C)n2c3c1c(C#N)c(C#N)c1c(C=C)c(/C=C\C)n(c13)CSC2. The molecule has 1 aliphatic heterocycles. The first-order valence-electron chi connectivity index (χ1n) is 9.34. The maximum Gasteiger partial charge on any atom is 0.101 e. The summed E-state index contributed by atoms with van der Waals surface area (Å²) in [6.07, 6.45) is 11.7. The van der Waals surface area contributed by atoms with Crippen LogP contribution in [-0.2, 0) is 11.8 Å². The second-order valence-corrected chi connectivity index (χ2v) is 7.67. The summed E-state index contributed by atoms with van der Waals surface area (Å²) in [5.74, 6) is 1.52. The molecule has 1 aliphatic rings. The Kier molecular flexibility index (Phi) is 4.70. The number of hydrogen-bond donors (Lipinski definition) is 0. The van der Waals surface area contributed by atoms with E-state index in [1.165, 1.54) is 0 Å². The molecule has 3 aromatic rings. The third-order valence-electron chi connectivity index (χ3n) is 5.38. The minimum absolute atomic E-state index is 0.411. The van der Waals surface area contributed by atoms with Crippen LogP contribution in [0.4, 0.5) is 0 Å². The lowest BCUT2D eigenvalue weighted by atomic mass is 9.95. The topological polar surface area (TPSA) is 57.4 Å². The Labute approximate surface area is 174 Å². The highest BCUT2D eigenvalue weighted by atomic mass is 32.2. The number of hydrogen-bond acceptors (Lipinski definition) is 3. The first kappa shape index (κ1) is 18.9. The van der Waals surface area contributed by atoms with Crippen molar-refractivity contribution in [3.63, 3.8) is 0 Å². The van der Waals surface area contributed by atoms with Gasteiger partial charge in [0.05, 0.1) is 33.9 Å². The Morgan fingerprint density at radius 2 is 1.24 bits per heavy atom. The molecule has 0 atom stereocenters. The van der Waals surface area contributed by atoms with E-state index in [1.54, 1.807) is 23.9 Å². The lowest BCUT2D eigenvalue weighted by Gasteiger charge is -2.07. The van der Waals surface area contributed by atoms with E-state index >= 15 is 0 Å². The van der Waals surface area contributed by atoms with Crippen molar-refractivity contribution in [3.8, 4) is 12.1 Å². The largest absolute Gasteiger partial charge is 0.329 e. The van der Waals surface area contributed by atoms with Crippen LogP contribution in [0.1, 0.15) is 47.5 Å². The van der Waals surface area contributed by atoms with Gasteiger partial charge in [0.2, 0.25) is 0 Å². The van der Waals surface area contributed by atoms with Gasteiger partial charge in [-0.2, -0.15) is 10.5 Å². The quantitative estimate of drug-likeness (QED) is 0.516. The summed E-state index contributed by atoms with van der Waals surface area (Å²) in [4.78, 5) is 0. The van der Waals surface area contributed by atoms with Gasteiger partial charge >= 0.3 is 0 Å². The fraction of sp³-hybridized carbons (Fsp3) is 0.167. The molecule has 0 spiro atoms. The van der Waals surface area contributed by atoms with Gasteiger partial charge in [-0.3, -0.25) is 0 Å². The zero-order valence-corrected chi connectivity index (χ0v) is 17.3. The van der Waals surface area contributed by atoms with Gasteiger partial charge in [0.25, 0.3) is 0 Å².